The average Bonchev–Trinajstić information content (AvgIpc) is 3.20. The van der Waals surface area contributed by atoms with Crippen molar-refractivity contribution in [1.82, 2.24) is 20.5 Å². The number of alkyl halides is 1. The number of aromatic nitrogens is 2. The van der Waals surface area contributed by atoms with Crippen molar-refractivity contribution >= 4 is 11.8 Å². The number of nitrogens with one attached hydrogen (secondary N) is 2. The van der Waals surface area contributed by atoms with E-state index in [1.54, 1.807) is 19.2 Å². The van der Waals surface area contributed by atoms with Gasteiger partial charge in [-0.15, -0.1) is 0 Å². The van der Waals surface area contributed by atoms with Crippen LogP contribution in [0.15, 0.2) is 21.3 Å². The molecule has 0 unspecified atom stereocenters. The molecule has 0 aliphatic carbocycles. The molecular formula is C15H20FN5O3. The molecule has 9 heteroatoms. The zero-order valence-electron chi connectivity index (χ0n) is 13.6. The van der Waals surface area contributed by atoms with Crippen LogP contribution >= 0.6 is 0 Å². The van der Waals surface area contributed by atoms with Crippen molar-refractivity contribution in [2.24, 2.45) is 0 Å². The van der Waals surface area contributed by atoms with Gasteiger partial charge < -0.3 is 14.4 Å². The second-order valence-electron chi connectivity index (χ2n) is 5.98. The first-order chi connectivity index (χ1) is 11.5. The minimum Gasteiger partial charge on any atom is -0.361 e. The van der Waals surface area contributed by atoms with E-state index < -0.39 is 12.2 Å². The van der Waals surface area contributed by atoms with Gasteiger partial charge in [0.25, 0.3) is 0 Å². The standard InChI is InChI=1S/C15H20FN5O3/c1-9-3-14(20-23-9)19-15(22)17-6-13-4-12(16)8-21(13)7-11-5-18-24-10(11)2/h3,5,12-13H,4,6-8H2,1-2H3,(H2,17,19,20,22)/t12-,13-/m0/s1. The van der Waals surface area contributed by atoms with Gasteiger partial charge in [-0.3, -0.25) is 10.2 Å². The number of hydrogen-bond donors (Lipinski definition) is 2. The van der Waals surface area contributed by atoms with Crippen LogP contribution < -0.4 is 10.6 Å². The van der Waals surface area contributed by atoms with Gasteiger partial charge in [0.2, 0.25) is 0 Å². The summed E-state index contributed by atoms with van der Waals surface area (Å²) in [5, 5.41) is 12.8. The smallest absolute Gasteiger partial charge is 0.320 e. The minimum atomic E-state index is -0.904. The Morgan fingerprint density at radius 2 is 2.29 bits per heavy atom. The number of urea groups is 1. The van der Waals surface area contributed by atoms with Crippen LogP contribution in [0.4, 0.5) is 15.0 Å². The van der Waals surface area contributed by atoms with E-state index in [0.717, 1.165) is 11.3 Å². The third kappa shape index (κ3) is 3.91. The van der Waals surface area contributed by atoms with Gasteiger partial charge >= 0.3 is 6.03 Å². The molecule has 24 heavy (non-hydrogen) atoms. The van der Waals surface area contributed by atoms with Gasteiger partial charge in [-0.2, -0.15) is 0 Å². The number of hydrogen-bond acceptors (Lipinski definition) is 6. The number of likely N-dealkylation sites (tertiary alicyclic amines) is 1. The van der Waals surface area contributed by atoms with Crippen LogP contribution in [0, 0.1) is 13.8 Å². The van der Waals surface area contributed by atoms with E-state index >= 15 is 0 Å². The molecule has 3 rings (SSSR count). The van der Waals surface area contributed by atoms with Crippen LogP contribution in [-0.2, 0) is 6.54 Å². The van der Waals surface area contributed by atoms with Gasteiger partial charge in [-0.25, -0.2) is 9.18 Å². The van der Waals surface area contributed by atoms with Gasteiger partial charge in [0.15, 0.2) is 5.82 Å². The molecule has 130 valence electrons. The summed E-state index contributed by atoms with van der Waals surface area (Å²) in [5.41, 5.74) is 0.927. The molecule has 0 aromatic carbocycles. The van der Waals surface area contributed by atoms with E-state index in [1.807, 2.05) is 11.8 Å². The zero-order chi connectivity index (χ0) is 17.1. The molecule has 3 heterocycles. The molecule has 2 aromatic rings. The second-order valence-corrected chi connectivity index (χ2v) is 5.98. The third-order valence-electron chi connectivity index (χ3n) is 4.07. The van der Waals surface area contributed by atoms with Crippen molar-refractivity contribution in [2.75, 3.05) is 18.4 Å². The number of anilines is 1. The summed E-state index contributed by atoms with van der Waals surface area (Å²) in [5.74, 6) is 1.68. The van der Waals surface area contributed by atoms with Crippen molar-refractivity contribution in [3.63, 3.8) is 0 Å². The number of aryl methyl sites for hydroxylation is 2. The normalized spacial score (nSPS) is 21.1. The minimum absolute atomic E-state index is 0.0842. The monoisotopic (exact) mass is 337 g/mol. The maximum atomic E-state index is 13.8. The molecular weight excluding hydrogens is 317 g/mol. The fourth-order valence-corrected chi connectivity index (χ4v) is 2.81. The summed E-state index contributed by atoms with van der Waals surface area (Å²) in [6.45, 7) is 4.78. The van der Waals surface area contributed by atoms with Crippen molar-refractivity contribution in [1.29, 1.82) is 0 Å². The number of carbonyl (C=O) groups excluding carboxylic acids is 1. The summed E-state index contributed by atoms with van der Waals surface area (Å²) in [6, 6.07) is 1.14. The molecule has 1 saturated heterocycles. The highest BCUT2D eigenvalue weighted by atomic mass is 19.1. The van der Waals surface area contributed by atoms with Gasteiger partial charge in [0, 0.05) is 37.3 Å². The number of carbonyl (C=O) groups is 1. The van der Waals surface area contributed by atoms with E-state index in [2.05, 4.69) is 20.9 Å². The van der Waals surface area contributed by atoms with E-state index in [-0.39, 0.29) is 6.04 Å². The maximum Gasteiger partial charge on any atom is 0.320 e. The maximum absolute atomic E-state index is 13.8. The number of nitrogens with zero attached hydrogens (tertiary/aromatic N) is 3. The quantitative estimate of drug-likeness (QED) is 0.866. The molecule has 1 aliphatic rings. The molecule has 1 aliphatic heterocycles. The summed E-state index contributed by atoms with van der Waals surface area (Å²) in [6.07, 6.45) is 1.12. The predicted octanol–water partition coefficient (Wildman–Crippen LogP) is 2.01. The summed E-state index contributed by atoms with van der Waals surface area (Å²) >= 11 is 0. The third-order valence-corrected chi connectivity index (χ3v) is 4.07. The summed E-state index contributed by atoms with van der Waals surface area (Å²) < 4.78 is 23.7. The van der Waals surface area contributed by atoms with Crippen LogP contribution in [0.5, 0.6) is 0 Å². The van der Waals surface area contributed by atoms with Crippen molar-refractivity contribution in [3.05, 3.63) is 29.3 Å². The first-order valence-corrected chi connectivity index (χ1v) is 7.77. The van der Waals surface area contributed by atoms with E-state index in [0.29, 0.717) is 37.6 Å². The van der Waals surface area contributed by atoms with Crippen LogP contribution in [0.2, 0.25) is 0 Å². The summed E-state index contributed by atoms with van der Waals surface area (Å²) in [7, 11) is 0. The Morgan fingerprint density at radius 1 is 1.46 bits per heavy atom. The van der Waals surface area contributed by atoms with Crippen LogP contribution in [0.25, 0.3) is 0 Å². The lowest BCUT2D eigenvalue weighted by Crippen LogP contribution is -2.41. The van der Waals surface area contributed by atoms with Crippen LogP contribution in [0.1, 0.15) is 23.5 Å². The van der Waals surface area contributed by atoms with Gasteiger partial charge in [-0.05, 0) is 20.3 Å². The Morgan fingerprint density at radius 3 is 2.96 bits per heavy atom. The molecule has 0 saturated carbocycles. The first-order valence-electron chi connectivity index (χ1n) is 7.77. The molecule has 2 atom stereocenters. The van der Waals surface area contributed by atoms with Crippen molar-refractivity contribution < 1.29 is 18.2 Å². The zero-order valence-corrected chi connectivity index (χ0v) is 13.6. The largest absolute Gasteiger partial charge is 0.361 e. The molecule has 2 N–H and O–H groups in total. The number of halogens is 1. The highest BCUT2D eigenvalue weighted by Crippen LogP contribution is 2.23. The van der Waals surface area contributed by atoms with Gasteiger partial charge in [0.1, 0.15) is 17.7 Å². The second kappa shape index (κ2) is 7.00. The van der Waals surface area contributed by atoms with Crippen LogP contribution in [-0.4, -0.2) is 46.5 Å². The average molecular weight is 337 g/mol. The van der Waals surface area contributed by atoms with Gasteiger partial charge in [-0.1, -0.05) is 10.3 Å². The first kappa shape index (κ1) is 16.4. The highest BCUT2D eigenvalue weighted by Gasteiger charge is 2.32. The lowest BCUT2D eigenvalue weighted by atomic mass is 10.2. The molecule has 2 amide bonds. The number of rotatable bonds is 5. The Kier molecular flexibility index (Phi) is 4.79. The fourth-order valence-electron chi connectivity index (χ4n) is 2.81. The Bertz CT molecular complexity index is 701. The van der Waals surface area contributed by atoms with E-state index in [4.69, 9.17) is 9.05 Å². The molecule has 0 spiro atoms. The molecule has 1 fully saturated rings. The Labute approximate surface area is 138 Å². The molecule has 0 bridgehead atoms. The Hall–Kier alpha value is -2.42. The van der Waals surface area contributed by atoms with Crippen molar-refractivity contribution in [2.45, 2.75) is 39.0 Å². The number of amides is 2. The fraction of sp³-hybridized carbons (Fsp3) is 0.533. The van der Waals surface area contributed by atoms with Gasteiger partial charge in [0.05, 0.1) is 6.20 Å². The van der Waals surface area contributed by atoms with Crippen LogP contribution in [0.3, 0.4) is 0 Å². The topological polar surface area (TPSA) is 96.4 Å². The lowest BCUT2D eigenvalue weighted by molar-refractivity contribution is 0.223. The van der Waals surface area contributed by atoms with Crippen molar-refractivity contribution in [3.8, 4) is 0 Å². The highest BCUT2D eigenvalue weighted by molar-refractivity contribution is 5.88. The van der Waals surface area contributed by atoms with E-state index in [9.17, 15) is 9.18 Å². The summed E-state index contributed by atoms with van der Waals surface area (Å²) in [4.78, 5) is 13.9. The Balaban J connectivity index is 1.52. The lowest BCUT2D eigenvalue weighted by Gasteiger charge is -2.23. The SMILES string of the molecule is Cc1cc(NC(=O)NC[C@@H]2C[C@H](F)CN2Cc2cnoc2C)no1. The predicted molar refractivity (Wildman–Crippen MR) is 83.2 cm³/mol. The molecule has 2 aromatic heterocycles. The molecule has 8 nitrogen and oxygen atoms in total. The molecule has 0 radical (unpaired) electrons. The van der Waals surface area contributed by atoms with E-state index in [1.165, 1.54) is 0 Å².